The number of allylic oxidation sites excluding steroid dienone is 1. The number of nitrogens with one attached hydrogen (secondary N) is 2. The molecular weight excluding hydrogens is 268 g/mol. The van der Waals surface area contributed by atoms with Crippen molar-refractivity contribution in [3.63, 3.8) is 0 Å². The number of hydrogen-bond acceptors (Lipinski definition) is 5. The van der Waals surface area contributed by atoms with E-state index in [9.17, 15) is 4.79 Å². The number of nitrogens with zero attached hydrogens (tertiary/aromatic N) is 1. The summed E-state index contributed by atoms with van der Waals surface area (Å²) in [7, 11) is 1.41. The van der Waals surface area contributed by atoms with Gasteiger partial charge in [-0.25, -0.2) is 0 Å². The van der Waals surface area contributed by atoms with Gasteiger partial charge in [-0.3, -0.25) is 4.79 Å². The zero-order chi connectivity index (χ0) is 15.4. The predicted octanol–water partition coefficient (Wildman–Crippen LogP) is 1.84. The number of hydrogen-bond donors (Lipinski definition) is 3. The number of anilines is 2. The monoisotopic (exact) mass is 284 g/mol. The van der Waals surface area contributed by atoms with Crippen LogP contribution in [-0.4, -0.2) is 13.0 Å². The van der Waals surface area contributed by atoms with Crippen LogP contribution in [0.1, 0.15) is 12.0 Å². The number of aryl methyl sites for hydroxylation is 1. The van der Waals surface area contributed by atoms with Crippen molar-refractivity contribution in [1.82, 2.24) is 0 Å². The number of nitriles is 1. The topological polar surface area (TPSA) is 100 Å². The van der Waals surface area contributed by atoms with Crippen LogP contribution in [0.4, 0.5) is 11.4 Å². The molecule has 6 heteroatoms. The third kappa shape index (κ3) is 2.98. The van der Waals surface area contributed by atoms with Crippen molar-refractivity contribution >= 4 is 17.3 Å². The van der Waals surface area contributed by atoms with Gasteiger partial charge in [0.2, 0.25) is 5.91 Å². The van der Waals surface area contributed by atoms with E-state index in [-0.39, 0.29) is 23.1 Å². The fourth-order valence-electron chi connectivity index (χ4n) is 2.09. The van der Waals surface area contributed by atoms with Crippen LogP contribution in [0.2, 0.25) is 0 Å². The van der Waals surface area contributed by atoms with E-state index in [1.807, 2.05) is 18.2 Å². The first-order chi connectivity index (χ1) is 10.1. The third-order valence-electron chi connectivity index (χ3n) is 3.21. The fourth-order valence-corrected chi connectivity index (χ4v) is 2.09. The van der Waals surface area contributed by atoms with Crippen molar-refractivity contribution in [3.8, 4) is 6.07 Å². The Morgan fingerprint density at radius 2 is 2.29 bits per heavy atom. The zero-order valence-corrected chi connectivity index (χ0v) is 11.7. The van der Waals surface area contributed by atoms with Crippen LogP contribution in [0, 0.1) is 11.3 Å². The molecular formula is C15H16N4O2. The van der Waals surface area contributed by atoms with Crippen molar-refractivity contribution in [2.45, 2.75) is 12.8 Å². The maximum Gasteiger partial charge on any atom is 0.224 e. The molecule has 0 radical (unpaired) electrons. The SMILES string of the molecule is C=C(OC)/C(C#N)=C(/N)Nc1cccc2c1NC(=O)CC2. The Balaban J connectivity index is 2.37. The molecule has 1 heterocycles. The Morgan fingerprint density at radius 3 is 2.95 bits per heavy atom. The summed E-state index contributed by atoms with van der Waals surface area (Å²) >= 11 is 0. The smallest absolute Gasteiger partial charge is 0.224 e. The Morgan fingerprint density at radius 1 is 1.52 bits per heavy atom. The summed E-state index contributed by atoms with van der Waals surface area (Å²) in [6, 6.07) is 7.53. The first-order valence-electron chi connectivity index (χ1n) is 6.38. The summed E-state index contributed by atoms with van der Waals surface area (Å²) in [4.78, 5) is 11.5. The largest absolute Gasteiger partial charge is 0.496 e. The van der Waals surface area contributed by atoms with Crippen LogP contribution in [-0.2, 0) is 16.0 Å². The highest BCUT2D eigenvalue weighted by Gasteiger charge is 2.18. The van der Waals surface area contributed by atoms with Crippen LogP contribution in [0.15, 0.2) is 41.9 Å². The fraction of sp³-hybridized carbons (Fsp3) is 0.200. The van der Waals surface area contributed by atoms with Crippen molar-refractivity contribution in [2.75, 3.05) is 17.7 Å². The standard InChI is InChI=1S/C15H16N4O2/c1-9(21-2)11(8-16)15(17)18-12-5-3-4-10-6-7-13(20)19-14(10)12/h3-5,18H,1,6-7,17H2,2H3,(H,19,20)/b15-11-. The summed E-state index contributed by atoms with van der Waals surface area (Å²) in [6.45, 7) is 3.61. The van der Waals surface area contributed by atoms with Gasteiger partial charge in [-0.2, -0.15) is 5.26 Å². The number of methoxy groups -OCH3 is 1. The van der Waals surface area contributed by atoms with Gasteiger partial charge in [-0.1, -0.05) is 18.7 Å². The molecule has 0 spiro atoms. The second-order valence-electron chi connectivity index (χ2n) is 4.54. The van der Waals surface area contributed by atoms with E-state index in [1.54, 1.807) is 6.07 Å². The highest BCUT2D eigenvalue weighted by atomic mass is 16.5. The molecule has 0 aliphatic carbocycles. The van der Waals surface area contributed by atoms with E-state index in [1.165, 1.54) is 7.11 Å². The summed E-state index contributed by atoms with van der Waals surface area (Å²) < 4.78 is 4.93. The first kappa shape index (κ1) is 14.5. The maximum absolute atomic E-state index is 11.5. The second-order valence-corrected chi connectivity index (χ2v) is 4.54. The van der Waals surface area contributed by atoms with E-state index in [4.69, 9.17) is 15.7 Å². The predicted molar refractivity (Wildman–Crippen MR) is 80.0 cm³/mol. The number of amides is 1. The van der Waals surface area contributed by atoms with Crippen molar-refractivity contribution < 1.29 is 9.53 Å². The molecule has 1 amide bonds. The average Bonchev–Trinajstić information content (AvgIpc) is 2.48. The molecule has 0 bridgehead atoms. The van der Waals surface area contributed by atoms with Crippen molar-refractivity contribution in [3.05, 3.63) is 47.5 Å². The van der Waals surface area contributed by atoms with Crippen molar-refractivity contribution in [2.24, 2.45) is 5.73 Å². The molecule has 0 unspecified atom stereocenters. The normalized spacial score (nSPS) is 14.2. The number of rotatable bonds is 4. The minimum absolute atomic E-state index is 0.0406. The number of nitrogens with two attached hydrogens (primary N) is 1. The van der Waals surface area contributed by atoms with E-state index in [0.717, 1.165) is 5.56 Å². The Bertz CT molecular complexity index is 671. The molecule has 0 saturated carbocycles. The highest BCUT2D eigenvalue weighted by molar-refractivity contribution is 5.98. The zero-order valence-electron chi connectivity index (χ0n) is 11.7. The lowest BCUT2D eigenvalue weighted by Crippen LogP contribution is -2.21. The molecule has 1 aromatic carbocycles. The Hall–Kier alpha value is -2.94. The molecule has 6 nitrogen and oxygen atoms in total. The summed E-state index contributed by atoms with van der Waals surface area (Å²) in [5.41, 5.74) is 8.37. The van der Waals surface area contributed by atoms with Crippen LogP contribution in [0.5, 0.6) is 0 Å². The van der Waals surface area contributed by atoms with Crippen molar-refractivity contribution in [1.29, 1.82) is 5.26 Å². The molecule has 108 valence electrons. The molecule has 0 fully saturated rings. The Labute approximate surface area is 122 Å². The van der Waals surface area contributed by atoms with Crippen LogP contribution >= 0.6 is 0 Å². The van der Waals surface area contributed by atoms with E-state index < -0.39 is 0 Å². The lowest BCUT2D eigenvalue weighted by atomic mass is 10.0. The molecule has 4 N–H and O–H groups in total. The minimum atomic E-state index is -0.0406. The van der Waals surface area contributed by atoms with Gasteiger partial charge in [-0.15, -0.1) is 0 Å². The number of benzene rings is 1. The highest BCUT2D eigenvalue weighted by Crippen LogP contribution is 2.31. The molecule has 0 saturated heterocycles. The first-order valence-corrected chi connectivity index (χ1v) is 6.38. The third-order valence-corrected chi connectivity index (χ3v) is 3.21. The van der Waals surface area contributed by atoms with Gasteiger partial charge < -0.3 is 21.1 Å². The average molecular weight is 284 g/mol. The van der Waals surface area contributed by atoms with Gasteiger partial charge >= 0.3 is 0 Å². The number of fused-ring (bicyclic) bond motifs is 1. The summed E-state index contributed by atoms with van der Waals surface area (Å²) in [5.74, 6) is 0.259. The van der Waals surface area contributed by atoms with Crippen LogP contribution in [0.25, 0.3) is 0 Å². The lowest BCUT2D eigenvalue weighted by Gasteiger charge is -2.21. The van der Waals surface area contributed by atoms with Crippen LogP contribution in [0.3, 0.4) is 0 Å². The number of carbonyl (C=O) groups excluding carboxylic acids is 1. The molecule has 1 aliphatic heterocycles. The molecule has 0 atom stereocenters. The molecule has 2 rings (SSSR count). The summed E-state index contributed by atoms with van der Waals surface area (Å²) in [6.07, 6.45) is 1.14. The van der Waals surface area contributed by atoms with E-state index >= 15 is 0 Å². The quantitative estimate of drug-likeness (QED) is 0.445. The molecule has 0 aromatic heterocycles. The second kappa shape index (κ2) is 6.01. The Kier molecular flexibility index (Phi) is 4.14. The maximum atomic E-state index is 11.5. The molecule has 1 aliphatic rings. The molecule has 21 heavy (non-hydrogen) atoms. The van der Waals surface area contributed by atoms with Gasteiger partial charge in [0.15, 0.2) is 0 Å². The minimum Gasteiger partial charge on any atom is -0.496 e. The summed E-state index contributed by atoms with van der Waals surface area (Å²) in [5, 5.41) is 14.9. The number of ether oxygens (including phenoxy) is 1. The van der Waals surface area contributed by atoms with Gasteiger partial charge in [0.05, 0.1) is 18.5 Å². The molecule has 1 aromatic rings. The lowest BCUT2D eigenvalue weighted by molar-refractivity contribution is -0.116. The van der Waals surface area contributed by atoms with Gasteiger partial charge in [0.1, 0.15) is 23.2 Å². The van der Waals surface area contributed by atoms with Crippen LogP contribution < -0.4 is 16.4 Å². The number of para-hydroxylation sites is 1. The van der Waals surface area contributed by atoms with Gasteiger partial charge in [0.25, 0.3) is 0 Å². The van der Waals surface area contributed by atoms with Gasteiger partial charge in [0, 0.05) is 6.42 Å². The van der Waals surface area contributed by atoms with E-state index in [2.05, 4.69) is 17.2 Å². The van der Waals surface area contributed by atoms with Gasteiger partial charge in [-0.05, 0) is 18.1 Å². The number of carbonyl (C=O) groups is 1. The van der Waals surface area contributed by atoms with E-state index in [0.29, 0.717) is 24.2 Å².